The Bertz CT molecular complexity index is 469. The second-order valence-electron chi connectivity index (χ2n) is 3.62. The Kier molecular flexibility index (Phi) is 2.81. The molecule has 84 valence electrons. The summed E-state index contributed by atoms with van der Waals surface area (Å²) in [5.74, 6) is 1.42. The molecule has 0 saturated carbocycles. The lowest BCUT2D eigenvalue weighted by Crippen LogP contribution is -1.91. The molecule has 2 aromatic rings. The topological polar surface area (TPSA) is 63.9 Å². The summed E-state index contributed by atoms with van der Waals surface area (Å²) in [7, 11) is 1.66. The molecule has 0 amide bonds. The number of ether oxygens (including phenoxy) is 1. The number of rotatable bonds is 3. The molecule has 16 heavy (non-hydrogen) atoms. The highest BCUT2D eigenvalue weighted by atomic mass is 16.5. The maximum absolute atomic E-state index is 5.80. The van der Waals surface area contributed by atoms with E-state index in [1.54, 1.807) is 13.3 Å². The molecule has 0 atom stereocenters. The number of benzene rings is 1. The summed E-state index contributed by atoms with van der Waals surface area (Å²) < 4.78 is 5.26. The molecule has 1 aromatic carbocycles. The Morgan fingerprint density at radius 2 is 2.19 bits per heavy atom. The minimum atomic E-state index is 0.579. The van der Waals surface area contributed by atoms with Crippen LogP contribution in [0.2, 0.25) is 0 Å². The molecular formula is C12H15N3O. The van der Waals surface area contributed by atoms with Gasteiger partial charge in [-0.15, -0.1) is 0 Å². The molecule has 0 saturated heterocycles. The molecule has 0 aliphatic carbocycles. The van der Waals surface area contributed by atoms with Crippen molar-refractivity contribution in [3.63, 3.8) is 0 Å². The van der Waals surface area contributed by atoms with Gasteiger partial charge in [0.1, 0.15) is 11.6 Å². The van der Waals surface area contributed by atoms with Crippen molar-refractivity contribution in [3.8, 4) is 16.9 Å². The van der Waals surface area contributed by atoms with Crippen molar-refractivity contribution in [2.45, 2.75) is 13.3 Å². The van der Waals surface area contributed by atoms with Gasteiger partial charge in [-0.3, -0.25) is 5.10 Å². The summed E-state index contributed by atoms with van der Waals surface area (Å²) in [6, 6.07) is 6.09. The van der Waals surface area contributed by atoms with Crippen molar-refractivity contribution in [2.24, 2.45) is 0 Å². The van der Waals surface area contributed by atoms with E-state index in [4.69, 9.17) is 10.5 Å². The molecule has 4 nitrogen and oxygen atoms in total. The van der Waals surface area contributed by atoms with Crippen molar-refractivity contribution in [3.05, 3.63) is 30.0 Å². The number of nitrogens with zero attached hydrogens (tertiary/aromatic N) is 1. The molecule has 0 spiro atoms. The van der Waals surface area contributed by atoms with Crippen molar-refractivity contribution >= 4 is 5.82 Å². The summed E-state index contributed by atoms with van der Waals surface area (Å²) >= 11 is 0. The van der Waals surface area contributed by atoms with Crippen LogP contribution in [-0.4, -0.2) is 17.3 Å². The van der Waals surface area contributed by atoms with Gasteiger partial charge in [-0.2, -0.15) is 5.10 Å². The average Bonchev–Trinajstić information content (AvgIpc) is 2.74. The highest BCUT2D eigenvalue weighted by Gasteiger charge is 2.07. The van der Waals surface area contributed by atoms with E-state index in [1.165, 1.54) is 5.56 Å². The van der Waals surface area contributed by atoms with Crippen LogP contribution in [0.4, 0.5) is 5.82 Å². The van der Waals surface area contributed by atoms with Gasteiger partial charge in [0.25, 0.3) is 0 Å². The van der Waals surface area contributed by atoms with Crippen LogP contribution in [0.1, 0.15) is 12.5 Å². The van der Waals surface area contributed by atoms with Crippen molar-refractivity contribution < 1.29 is 4.74 Å². The predicted octanol–water partition coefficient (Wildman–Crippen LogP) is 2.23. The van der Waals surface area contributed by atoms with E-state index in [0.717, 1.165) is 23.3 Å². The normalized spacial score (nSPS) is 10.4. The van der Waals surface area contributed by atoms with Gasteiger partial charge in [-0.1, -0.05) is 13.0 Å². The molecule has 2 rings (SSSR count). The molecule has 1 aromatic heterocycles. The molecule has 0 aliphatic rings. The van der Waals surface area contributed by atoms with Crippen LogP contribution in [0.5, 0.6) is 5.75 Å². The van der Waals surface area contributed by atoms with Gasteiger partial charge in [0, 0.05) is 5.56 Å². The minimum absolute atomic E-state index is 0.579. The van der Waals surface area contributed by atoms with Gasteiger partial charge in [-0.05, 0) is 29.7 Å². The number of aryl methyl sites for hydroxylation is 1. The van der Waals surface area contributed by atoms with E-state index in [-0.39, 0.29) is 0 Å². The number of nitrogens with one attached hydrogen (secondary N) is 1. The highest BCUT2D eigenvalue weighted by molar-refractivity contribution is 5.74. The highest BCUT2D eigenvalue weighted by Crippen LogP contribution is 2.28. The number of aromatic nitrogens is 2. The van der Waals surface area contributed by atoms with Gasteiger partial charge in [0.2, 0.25) is 0 Å². The van der Waals surface area contributed by atoms with Gasteiger partial charge in [0.05, 0.1) is 13.3 Å². The smallest absolute Gasteiger partial charge is 0.126 e. The lowest BCUT2D eigenvalue weighted by molar-refractivity contribution is 0.414. The standard InChI is InChI=1S/C12H15N3O/c1-3-8-4-9(6-10(5-8)16-2)11-7-14-15-12(11)13/h4-7H,3H2,1-2H3,(H3,13,14,15). The van der Waals surface area contributed by atoms with E-state index >= 15 is 0 Å². The van der Waals surface area contributed by atoms with Crippen LogP contribution in [0.15, 0.2) is 24.4 Å². The van der Waals surface area contributed by atoms with Crippen LogP contribution in [-0.2, 0) is 6.42 Å². The second-order valence-corrected chi connectivity index (χ2v) is 3.62. The number of hydrogen-bond acceptors (Lipinski definition) is 3. The number of anilines is 1. The molecule has 0 radical (unpaired) electrons. The largest absolute Gasteiger partial charge is 0.497 e. The first kappa shape index (κ1) is 10.5. The maximum Gasteiger partial charge on any atom is 0.126 e. The van der Waals surface area contributed by atoms with Crippen LogP contribution in [0.3, 0.4) is 0 Å². The number of nitrogens with two attached hydrogens (primary N) is 1. The minimum Gasteiger partial charge on any atom is -0.497 e. The van der Waals surface area contributed by atoms with Crippen LogP contribution in [0.25, 0.3) is 11.1 Å². The van der Waals surface area contributed by atoms with E-state index in [0.29, 0.717) is 5.82 Å². The van der Waals surface area contributed by atoms with Crippen molar-refractivity contribution in [1.82, 2.24) is 10.2 Å². The lowest BCUT2D eigenvalue weighted by Gasteiger charge is -2.07. The Labute approximate surface area is 94.4 Å². The number of nitrogen functional groups attached to an aromatic ring is 1. The van der Waals surface area contributed by atoms with Gasteiger partial charge in [0.15, 0.2) is 0 Å². The third-order valence-electron chi connectivity index (χ3n) is 2.59. The zero-order valence-corrected chi connectivity index (χ0v) is 9.45. The Balaban J connectivity index is 2.52. The Morgan fingerprint density at radius 3 is 2.75 bits per heavy atom. The predicted molar refractivity (Wildman–Crippen MR) is 64.4 cm³/mol. The fourth-order valence-electron chi connectivity index (χ4n) is 1.66. The van der Waals surface area contributed by atoms with Gasteiger partial charge in [-0.25, -0.2) is 0 Å². The first-order valence-corrected chi connectivity index (χ1v) is 5.21. The fourth-order valence-corrected chi connectivity index (χ4v) is 1.66. The third-order valence-corrected chi connectivity index (χ3v) is 2.59. The molecule has 0 aliphatic heterocycles. The summed E-state index contributed by atoms with van der Waals surface area (Å²) in [5, 5.41) is 6.65. The number of H-pyrrole nitrogens is 1. The molecule has 3 N–H and O–H groups in total. The lowest BCUT2D eigenvalue weighted by atomic mass is 10.0. The third kappa shape index (κ3) is 1.86. The van der Waals surface area contributed by atoms with Gasteiger partial charge >= 0.3 is 0 Å². The number of hydrogen-bond donors (Lipinski definition) is 2. The van der Waals surface area contributed by atoms with Crippen LogP contribution >= 0.6 is 0 Å². The van der Waals surface area contributed by atoms with E-state index < -0.39 is 0 Å². The summed E-state index contributed by atoms with van der Waals surface area (Å²) in [5.41, 5.74) is 8.96. The Hall–Kier alpha value is -1.97. The maximum atomic E-state index is 5.80. The zero-order chi connectivity index (χ0) is 11.5. The van der Waals surface area contributed by atoms with E-state index in [1.807, 2.05) is 12.1 Å². The monoisotopic (exact) mass is 217 g/mol. The molecule has 0 fully saturated rings. The van der Waals surface area contributed by atoms with Crippen LogP contribution in [0, 0.1) is 0 Å². The van der Waals surface area contributed by atoms with Crippen molar-refractivity contribution in [2.75, 3.05) is 12.8 Å². The molecule has 0 unspecified atom stereocenters. The molecule has 1 heterocycles. The second kappa shape index (κ2) is 4.26. The SMILES string of the molecule is CCc1cc(OC)cc(-c2cn[nH]c2N)c1. The Morgan fingerprint density at radius 1 is 1.38 bits per heavy atom. The van der Waals surface area contributed by atoms with Gasteiger partial charge < -0.3 is 10.5 Å². The summed E-state index contributed by atoms with van der Waals surface area (Å²) in [6.45, 7) is 2.11. The zero-order valence-electron chi connectivity index (χ0n) is 9.45. The quantitative estimate of drug-likeness (QED) is 0.828. The van der Waals surface area contributed by atoms with E-state index in [2.05, 4.69) is 23.2 Å². The van der Waals surface area contributed by atoms with Crippen LogP contribution < -0.4 is 10.5 Å². The number of methoxy groups -OCH3 is 1. The summed E-state index contributed by atoms with van der Waals surface area (Å²) in [6.07, 6.45) is 2.69. The fraction of sp³-hybridized carbons (Fsp3) is 0.250. The molecular weight excluding hydrogens is 202 g/mol. The summed E-state index contributed by atoms with van der Waals surface area (Å²) in [4.78, 5) is 0. The molecule has 4 heteroatoms. The van der Waals surface area contributed by atoms with E-state index in [9.17, 15) is 0 Å². The first-order chi connectivity index (χ1) is 7.74. The first-order valence-electron chi connectivity index (χ1n) is 5.21. The van der Waals surface area contributed by atoms with Crippen molar-refractivity contribution in [1.29, 1.82) is 0 Å². The number of aromatic amines is 1. The average molecular weight is 217 g/mol. The molecule has 0 bridgehead atoms.